The van der Waals surface area contributed by atoms with E-state index in [9.17, 15) is 9.59 Å². The van der Waals surface area contributed by atoms with Crippen LogP contribution < -0.4 is 0 Å². The van der Waals surface area contributed by atoms with E-state index in [4.69, 9.17) is 4.74 Å². The molecule has 3 aliphatic rings. The van der Waals surface area contributed by atoms with E-state index in [-0.39, 0.29) is 30.0 Å². The van der Waals surface area contributed by atoms with Crippen LogP contribution in [0.4, 0.5) is 4.79 Å². The fourth-order valence-electron chi connectivity index (χ4n) is 3.62. The molecule has 4 bridgehead atoms. The topological polar surface area (TPSA) is 46.6 Å². The molecular formula is C15H21NO3. The second kappa shape index (κ2) is 4.09. The highest BCUT2D eigenvalue weighted by molar-refractivity contribution is 5.90. The summed E-state index contributed by atoms with van der Waals surface area (Å²) >= 11 is 0. The summed E-state index contributed by atoms with van der Waals surface area (Å²) in [5, 5.41) is 0. The van der Waals surface area contributed by atoms with Gasteiger partial charge < -0.3 is 4.74 Å². The summed E-state index contributed by atoms with van der Waals surface area (Å²) in [4.78, 5) is 26.5. The molecule has 19 heavy (non-hydrogen) atoms. The Kier molecular flexibility index (Phi) is 2.73. The molecular weight excluding hydrogens is 242 g/mol. The van der Waals surface area contributed by atoms with Gasteiger partial charge in [0, 0.05) is 11.8 Å². The number of ketones is 1. The second-order valence-corrected chi connectivity index (χ2v) is 6.80. The lowest BCUT2D eigenvalue weighted by atomic mass is 9.71. The summed E-state index contributed by atoms with van der Waals surface area (Å²) in [5.74, 6) is 0.327. The fraction of sp³-hybridized carbons (Fsp3) is 0.733. The lowest BCUT2D eigenvalue weighted by Crippen LogP contribution is -2.59. The van der Waals surface area contributed by atoms with Crippen LogP contribution in [-0.2, 0) is 9.53 Å². The first kappa shape index (κ1) is 12.7. The van der Waals surface area contributed by atoms with Crippen molar-refractivity contribution in [2.75, 3.05) is 0 Å². The molecule has 0 N–H and O–H groups in total. The first-order valence-corrected chi connectivity index (χ1v) is 7.12. The summed E-state index contributed by atoms with van der Waals surface area (Å²) in [7, 11) is 0. The molecule has 1 amide bonds. The van der Waals surface area contributed by atoms with Gasteiger partial charge in [0.25, 0.3) is 0 Å². The molecule has 4 nitrogen and oxygen atoms in total. The third-order valence-corrected chi connectivity index (χ3v) is 4.34. The lowest BCUT2D eigenvalue weighted by Gasteiger charge is -2.46. The van der Waals surface area contributed by atoms with Gasteiger partial charge in [-0.3, -0.25) is 9.69 Å². The molecule has 0 unspecified atom stereocenters. The van der Waals surface area contributed by atoms with Gasteiger partial charge in [-0.2, -0.15) is 0 Å². The Bertz CT molecular complexity index is 425. The van der Waals surface area contributed by atoms with E-state index in [0.717, 1.165) is 19.3 Å². The van der Waals surface area contributed by atoms with Crippen molar-refractivity contribution >= 4 is 11.9 Å². The van der Waals surface area contributed by atoms with Crippen molar-refractivity contribution in [1.82, 2.24) is 4.90 Å². The van der Waals surface area contributed by atoms with Crippen molar-refractivity contribution in [1.29, 1.82) is 0 Å². The molecule has 0 spiro atoms. The summed E-state index contributed by atoms with van der Waals surface area (Å²) < 4.78 is 5.49. The monoisotopic (exact) mass is 263 g/mol. The van der Waals surface area contributed by atoms with Gasteiger partial charge in [-0.1, -0.05) is 18.6 Å². The fourth-order valence-corrected chi connectivity index (χ4v) is 3.62. The molecule has 1 saturated carbocycles. The standard InChI is InChI=1S/C15H21NO3/c1-15(2,3)19-14(18)16-11-7-8-12(16)10-6-4-5-9(11)13(10)17/h7-12H,4-6H2,1-3H3/t9-,10+,11-,12+. The summed E-state index contributed by atoms with van der Waals surface area (Å²) in [6, 6.07) is -0.159. The summed E-state index contributed by atoms with van der Waals surface area (Å²) in [5.41, 5.74) is -0.493. The normalized spacial score (nSPS) is 36.6. The van der Waals surface area contributed by atoms with E-state index < -0.39 is 5.60 Å². The molecule has 1 aliphatic carbocycles. The van der Waals surface area contributed by atoms with Gasteiger partial charge in [0.15, 0.2) is 0 Å². The first-order chi connectivity index (χ1) is 8.88. The van der Waals surface area contributed by atoms with Crippen molar-refractivity contribution in [2.24, 2.45) is 11.8 Å². The van der Waals surface area contributed by atoms with Crippen LogP contribution in [-0.4, -0.2) is 34.5 Å². The zero-order valence-electron chi connectivity index (χ0n) is 11.8. The van der Waals surface area contributed by atoms with E-state index in [2.05, 4.69) is 0 Å². The van der Waals surface area contributed by atoms with Crippen LogP contribution >= 0.6 is 0 Å². The molecule has 0 radical (unpaired) electrons. The van der Waals surface area contributed by atoms with Crippen molar-refractivity contribution < 1.29 is 14.3 Å². The molecule has 3 rings (SSSR count). The average Bonchev–Trinajstić information content (AvgIpc) is 2.67. The molecule has 4 atom stereocenters. The summed E-state index contributed by atoms with van der Waals surface area (Å²) in [6.45, 7) is 5.61. The average molecular weight is 263 g/mol. The minimum Gasteiger partial charge on any atom is -0.444 e. The number of nitrogens with zero attached hydrogens (tertiary/aromatic N) is 1. The van der Waals surface area contributed by atoms with E-state index in [1.54, 1.807) is 4.90 Å². The molecule has 0 aromatic rings. The molecule has 0 aromatic heterocycles. The molecule has 4 heteroatoms. The Hall–Kier alpha value is -1.32. The highest BCUT2D eigenvalue weighted by Crippen LogP contribution is 2.44. The first-order valence-electron chi connectivity index (χ1n) is 7.12. The molecule has 2 fully saturated rings. The zero-order valence-corrected chi connectivity index (χ0v) is 11.8. The van der Waals surface area contributed by atoms with Gasteiger partial charge in [-0.05, 0) is 33.6 Å². The molecule has 2 aliphatic heterocycles. The van der Waals surface area contributed by atoms with Crippen LogP contribution in [0.25, 0.3) is 0 Å². The SMILES string of the molecule is CC(C)(C)OC(=O)N1[C@@H]2C=C[C@H]1[C@@H]1CCC[C@H]2C1=O. The third kappa shape index (κ3) is 1.97. The van der Waals surface area contributed by atoms with Crippen LogP contribution in [0.5, 0.6) is 0 Å². The quantitative estimate of drug-likeness (QED) is 0.631. The van der Waals surface area contributed by atoms with Crippen molar-refractivity contribution in [3.05, 3.63) is 12.2 Å². The van der Waals surface area contributed by atoms with Crippen molar-refractivity contribution in [3.8, 4) is 0 Å². The molecule has 1 saturated heterocycles. The number of hydrogen-bond acceptors (Lipinski definition) is 3. The second-order valence-electron chi connectivity index (χ2n) is 6.80. The van der Waals surface area contributed by atoms with Crippen molar-refractivity contribution in [3.63, 3.8) is 0 Å². The van der Waals surface area contributed by atoms with Crippen LogP contribution in [0.2, 0.25) is 0 Å². The number of rotatable bonds is 0. The lowest BCUT2D eigenvalue weighted by molar-refractivity contribution is -0.137. The number of piperidine rings is 1. The Morgan fingerprint density at radius 1 is 1.21 bits per heavy atom. The number of ether oxygens (including phenoxy) is 1. The van der Waals surface area contributed by atoms with Crippen LogP contribution in [0, 0.1) is 11.8 Å². The predicted octanol–water partition coefficient (Wildman–Crippen LogP) is 2.53. The number of Topliss-reactive ketones (excluding diaryl/α,β-unsaturated/α-hetero) is 1. The van der Waals surface area contributed by atoms with Gasteiger partial charge >= 0.3 is 6.09 Å². The Balaban J connectivity index is 1.86. The molecule has 0 aromatic carbocycles. The van der Waals surface area contributed by atoms with E-state index in [1.165, 1.54) is 0 Å². The Morgan fingerprint density at radius 2 is 1.74 bits per heavy atom. The number of hydrogen-bond donors (Lipinski definition) is 0. The van der Waals surface area contributed by atoms with Crippen molar-refractivity contribution in [2.45, 2.75) is 57.7 Å². The predicted molar refractivity (Wildman–Crippen MR) is 70.6 cm³/mol. The van der Waals surface area contributed by atoms with Crippen LogP contribution in [0.3, 0.4) is 0 Å². The Morgan fingerprint density at radius 3 is 2.21 bits per heavy atom. The smallest absolute Gasteiger partial charge is 0.411 e. The van der Waals surface area contributed by atoms with Gasteiger partial charge in [0.1, 0.15) is 11.4 Å². The van der Waals surface area contributed by atoms with Crippen LogP contribution in [0.15, 0.2) is 12.2 Å². The summed E-state index contributed by atoms with van der Waals surface area (Å²) in [6.07, 6.45) is 6.67. The minimum absolute atomic E-state index is 0.0127. The maximum atomic E-state index is 12.4. The van der Waals surface area contributed by atoms with Gasteiger partial charge in [-0.15, -0.1) is 0 Å². The molecule has 2 heterocycles. The highest BCUT2D eigenvalue weighted by atomic mass is 16.6. The van der Waals surface area contributed by atoms with Gasteiger partial charge in [0.05, 0.1) is 12.1 Å². The largest absolute Gasteiger partial charge is 0.444 e. The third-order valence-electron chi connectivity index (χ3n) is 4.34. The van der Waals surface area contributed by atoms with E-state index in [1.807, 2.05) is 32.9 Å². The highest BCUT2D eigenvalue weighted by Gasteiger charge is 2.53. The zero-order chi connectivity index (χ0) is 13.8. The Labute approximate surface area is 113 Å². The number of carbonyl (C=O) groups is 2. The number of amides is 1. The maximum Gasteiger partial charge on any atom is 0.411 e. The van der Waals surface area contributed by atoms with Crippen LogP contribution in [0.1, 0.15) is 40.0 Å². The van der Waals surface area contributed by atoms with Gasteiger partial charge in [0.2, 0.25) is 0 Å². The maximum absolute atomic E-state index is 12.4. The molecule has 104 valence electrons. The number of fused-ring (bicyclic) bond motifs is 6. The number of carbonyl (C=O) groups excluding carboxylic acids is 2. The minimum atomic E-state index is -0.493. The van der Waals surface area contributed by atoms with E-state index >= 15 is 0 Å². The van der Waals surface area contributed by atoms with Gasteiger partial charge in [-0.25, -0.2) is 4.79 Å². The van der Waals surface area contributed by atoms with E-state index in [0.29, 0.717) is 5.78 Å².